The SMILES string of the molecule is CNS(=O)(=O)c1ccc(N2CCN(c3nnc(C4CC4C)n3C)CC2)cc1. The monoisotopic (exact) mass is 390 g/mol. The summed E-state index contributed by atoms with van der Waals surface area (Å²) in [5, 5.41) is 8.84. The van der Waals surface area contributed by atoms with E-state index in [1.807, 2.05) is 12.1 Å². The van der Waals surface area contributed by atoms with Crippen LogP contribution in [-0.4, -0.2) is 56.4 Å². The molecule has 0 spiro atoms. The van der Waals surface area contributed by atoms with Crippen molar-refractivity contribution >= 4 is 21.7 Å². The van der Waals surface area contributed by atoms with Crippen molar-refractivity contribution in [2.75, 3.05) is 43.0 Å². The number of hydrogen-bond acceptors (Lipinski definition) is 6. The van der Waals surface area contributed by atoms with Gasteiger partial charge >= 0.3 is 0 Å². The molecule has 2 aliphatic rings. The fourth-order valence-electron chi connectivity index (χ4n) is 3.73. The molecule has 2 fully saturated rings. The molecule has 0 bridgehead atoms. The molecule has 1 aromatic carbocycles. The van der Waals surface area contributed by atoms with Crippen molar-refractivity contribution in [2.24, 2.45) is 13.0 Å². The van der Waals surface area contributed by atoms with Crippen molar-refractivity contribution in [1.82, 2.24) is 19.5 Å². The molecule has 0 radical (unpaired) electrons. The molecule has 146 valence electrons. The van der Waals surface area contributed by atoms with E-state index in [-0.39, 0.29) is 4.90 Å². The number of rotatable bonds is 5. The normalized spacial score (nSPS) is 22.9. The first-order valence-corrected chi connectivity index (χ1v) is 10.8. The number of sulfonamides is 1. The van der Waals surface area contributed by atoms with Crippen molar-refractivity contribution in [1.29, 1.82) is 0 Å². The first-order chi connectivity index (χ1) is 12.9. The third-order valence-corrected chi connectivity index (χ3v) is 7.10. The minimum atomic E-state index is -3.39. The lowest BCUT2D eigenvalue weighted by Gasteiger charge is -2.36. The summed E-state index contributed by atoms with van der Waals surface area (Å²) in [6.07, 6.45) is 1.21. The Morgan fingerprint density at radius 1 is 1.04 bits per heavy atom. The fourth-order valence-corrected chi connectivity index (χ4v) is 4.46. The molecule has 2 unspecified atom stereocenters. The number of nitrogens with zero attached hydrogens (tertiary/aromatic N) is 5. The van der Waals surface area contributed by atoms with Crippen molar-refractivity contribution in [3.63, 3.8) is 0 Å². The number of hydrogen-bond donors (Lipinski definition) is 1. The van der Waals surface area contributed by atoms with Crippen molar-refractivity contribution in [2.45, 2.75) is 24.2 Å². The van der Waals surface area contributed by atoms with Gasteiger partial charge in [0.15, 0.2) is 0 Å². The van der Waals surface area contributed by atoms with Crippen LogP contribution < -0.4 is 14.5 Å². The van der Waals surface area contributed by atoms with Crippen LogP contribution in [-0.2, 0) is 17.1 Å². The molecule has 1 aromatic heterocycles. The maximum atomic E-state index is 11.8. The first-order valence-electron chi connectivity index (χ1n) is 9.33. The Hall–Kier alpha value is -2.13. The van der Waals surface area contributed by atoms with Gasteiger partial charge in [-0.2, -0.15) is 0 Å². The largest absolute Gasteiger partial charge is 0.368 e. The van der Waals surface area contributed by atoms with Gasteiger partial charge < -0.3 is 14.4 Å². The van der Waals surface area contributed by atoms with Crippen LogP contribution in [0.3, 0.4) is 0 Å². The third-order valence-electron chi connectivity index (χ3n) is 5.67. The molecule has 9 heteroatoms. The van der Waals surface area contributed by atoms with Gasteiger partial charge in [-0.25, -0.2) is 13.1 Å². The van der Waals surface area contributed by atoms with Gasteiger partial charge in [-0.1, -0.05) is 6.92 Å². The molecule has 4 rings (SSSR count). The van der Waals surface area contributed by atoms with Gasteiger partial charge in [0.25, 0.3) is 0 Å². The van der Waals surface area contributed by atoms with Gasteiger partial charge in [-0.15, -0.1) is 10.2 Å². The van der Waals surface area contributed by atoms with Crippen LogP contribution in [0.4, 0.5) is 11.6 Å². The fraction of sp³-hybridized carbons (Fsp3) is 0.556. The van der Waals surface area contributed by atoms with Gasteiger partial charge in [0.2, 0.25) is 16.0 Å². The second-order valence-corrected chi connectivity index (χ2v) is 9.30. The number of benzene rings is 1. The van der Waals surface area contributed by atoms with Crippen molar-refractivity contribution in [3.8, 4) is 0 Å². The van der Waals surface area contributed by atoms with Crippen LogP contribution >= 0.6 is 0 Å². The Morgan fingerprint density at radius 3 is 2.19 bits per heavy atom. The van der Waals surface area contributed by atoms with E-state index in [9.17, 15) is 8.42 Å². The van der Waals surface area contributed by atoms with Crippen molar-refractivity contribution in [3.05, 3.63) is 30.1 Å². The summed E-state index contributed by atoms with van der Waals surface area (Å²) in [6, 6.07) is 7.04. The Morgan fingerprint density at radius 2 is 1.63 bits per heavy atom. The average Bonchev–Trinajstić information content (AvgIpc) is 3.28. The molecular weight excluding hydrogens is 364 g/mol. The molecule has 1 saturated carbocycles. The highest BCUT2D eigenvalue weighted by atomic mass is 32.2. The Balaban J connectivity index is 1.41. The number of piperazine rings is 1. The minimum Gasteiger partial charge on any atom is -0.368 e. The van der Waals surface area contributed by atoms with Crippen LogP contribution in [0.25, 0.3) is 0 Å². The van der Waals surface area contributed by atoms with Gasteiger partial charge in [0.1, 0.15) is 5.82 Å². The molecule has 2 aromatic rings. The predicted octanol–water partition coefficient (Wildman–Crippen LogP) is 1.17. The lowest BCUT2D eigenvalue weighted by molar-refractivity contribution is 0.588. The topological polar surface area (TPSA) is 83.4 Å². The Kier molecular flexibility index (Phi) is 4.59. The van der Waals surface area contributed by atoms with E-state index in [0.717, 1.165) is 43.6 Å². The molecule has 2 heterocycles. The smallest absolute Gasteiger partial charge is 0.240 e. The molecule has 2 atom stereocenters. The molecule has 0 amide bonds. The third kappa shape index (κ3) is 3.41. The highest BCUT2D eigenvalue weighted by Gasteiger charge is 2.38. The summed E-state index contributed by atoms with van der Waals surface area (Å²) in [5.41, 5.74) is 1.04. The van der Waals surface area contributed by atoms with Gasteiger partial charge in [-0.05, 0) is 43.7 Å². The standard InChI is InChI=1S/C18H26N6O2S/c1-13-12-16(13)17-20-21-18(22(17)3)24-10-8-23(9-11-24)14-4-6-15(7-5-14)27(25,26)19-2/h4-7,13,16,19H,8-12H2,1-3H3. The zero-order chi connectivity index (χ0) is 19.2. The molecule has 1 aliphatic carbocycles. The van der Waals surface area contributed by atoms with E-state index in [1.54, 1.807) is 12.1 Å². The maximum absolute atomic E-state index is 11.8. The summed E-state index contributed by atoms with van der Waals surface area (Å²) in [5.74, 6) is 3.32. The minimum absolute atomic E-state index is 0.285. The first kappa shape index (κ1) is 18.2. The quantitative estimate of drug-likeness (QED) is 0.825. The van der Waals surface area contributed by atoms with Crippen LogP contribution in [0.2, 0.25) is 0 Å². The van der Waals surface area contributed by atoms with Crippen molar-refractivity contribution < 1.29 is 8.42 Å². The summed E-state index contributed by atoms with van der Waals surface area (Å²) in [7, 11) is 0.0858. The van der Waals surface area contributed by atoms with E-state index in [0.29, 0.717) is 11.8 Å². The summed E-state index contributed by atoms with van der Waals surface area (Å²) >= 11 is 0. The van der Waals surface area contributed by atoms with Gasteiger partial charge in [0.05, 0.1) is 4.90 Å². The molecule has 1 aliphatic heterocycles. The second-order valence-electron chi connectivity index (χ2n) is 7.41. The molecular formula is C18H26N6O2S. The van der Waals surface area contributed by atoms with E-state index in [2.05, 4.69) is 43.3 Å². The van der Waals surface area contributed by atoms with E-state index in [4.69, 9.17) is 0 Å². The van der Waals surface area contributed by atoms with E-state index in [1.165, 1.54) is 13.5 Å². The number of aromatic nitrogens is 3. The molecule has 27 heavy (non-hydrogen) atoms. The zero-order valence-corrected chi connectivity index (χ0v) is 16.8. The molecule has 1 N–H and O–H groups in total. The maximum Gasteiger partial charge on any atom is 0.240 e. The van der Waals surface area contributed by atoms with E-state index < -0.39 is 10.0 Å². The molecule has 1 saturated heterocycles. The van der Waals surface area contributed by atoms with Crippen LogP contribution in [0, 0.1) is 5.92 Å². The number of nitrogens with one attached hydrogen (secondary N) is 1. The Bertz CT molecular complexity index is 916. The lowest BCUT2D eigenvalue weighted by atomic mass is 10.2. The second kappa shape index (κ2) is 6.79. The predicted molar refractivity (Wildman–Crippen MR) is 105 cm³/mol. The van der Waals surface area contributed by atoms with Crippen LogP contribution in [0.15, 0.2) is 29.2 Å². The van der Waals surface area contributed by atoms with Crippen LogP contribution in [0.5, 0.6) is 0 Å². The van der Waals surface area contributed by atoms with E-state index >= 15 is 0 Å². The highest BCUT2D eigenvalue weighted by Crippen LogP contribution is 2.46. The van der Waals surface area contributed by atoms with Gasteiger partial charge in [0, 0.05) is 44.8 Å². The average molecular weight is 391 g/mol. The van der Waals surface area contributed by atoms with Gasteiger partial charge in [-0.3, -0.25) is 0 Å². The van der Waals surface area contributed by atoms with Crippen LogP contribution in [0.1, 0.15) is 25.1 Å². The summed E-state index contributed by atoms with van der Waals surface area (Å²) in [6.45, 7) is 5.71. The zero-order valence-electron chi connectivity index (χ0n) is 16.0. The number of anilines is 2. The summed E-state index contributed by atoms with van der Waals surface area (Å²) < 4.78 is 28.2. The summed E-state index contributed by atoms with van der Waals surface area (Å²) in [4.78, 5) is 4.83. The molecule has 8 nitrogen and oxygen atoms in total. The highest BCUT2D eigenvalue weighted by molar-refractivity contribution is 7.89. The lowest BCUT2D eigenvalue weighted by Crippen LogP contribution is -2.47. The Labute approximate surface area is 160 Å².